The number of amides is 4. The summed E-state index contributed by atoms with van der Waals surface area (Å²) in [5, 5.41) is 8.32. The molecule has 200 valence electrons. The Labute approximate surface area is 229 Å². The fourth-order valence-corrected chi connectivity index (χ4v) is 5.62. The number of hydrazine groups is 1. The van der Waals surface area contributed by atoms with Gasteiger partial charge in [-0.1, -0.05) is 92.1 Å². The first-order valence-corrected chi connectivity index (χ1v) is 13.4. The standard InChI is InChI=1S/C31H33N5O3/c1-3-11-27-30(38)33(20-25-16-10-15-24-14-8-9-17-26(24)25)21-28-35(27)29(37)22-34(18-4-2)36(28)31(39)32-19-23-12-6-5-7-13-23/h2,5-10,12-17,27-28H,3,11,18-22H2,1H3,(H,32,39)/t27-,28-/m0/s1. The van der Waals surface area contributed by atoms with E-state index in [2.05, 4.69) is 29.4 Å². The van der Waals surface area contributed by atoms with Gasteiger partial charge in [0.25, 0.3) is 0 Å². The number of carbonyl (C=O) groups excluding carboxylic acids is 3. The van der Waals surface area contributed by atoms with Crippen LogP contribution in [0.15, 0.2) is 72.8 Å². The predicted octanol–water partition coefficient (Wildman–Crippen LogP) is 3.58. The smallest absolute Gasteiger partial charge is 0.333 e. The number of nitrogens with zero attached hydrogens (tertiary/aromatic N) is 4. The fourth-order valence-electron chi connectivity index (χ4n) is 5.62. The molecule has 8 nitrogen and oxygen atoms in total. The number of urea groups is 1. The lowest BCUT2D eigenvalue weighted by molar-refractivity contribution is -0.189. The number of terminal acetylenes is 1. The second-order valence-corrected chi connectivity index (χ2v) is 9.96. The van der Waals surface area contributed by atoms with Gasteiger partial charge < -0.3 is 15.1 Å². The van der Waals surface area contributed by atoms with E-state index >= 15 is 0 Å². The number of fused-ring (bicyclic) bond motifs is 2. The van der Waals surface area contributed by atoms with E-state index in [1.807, 2.05) is 61.5 Å². The van der Waals surface area contributed by atoms with Gasteiger partial charge in [0.15, 0.2) is 0 Å². The molecule has 0 radical (unpaired) electrons. The normalized spacial score (nSPS) is 19.6. The molecular formula is C31H33N5O3. The first-order chi connectivity index (χ1) is 19.0. The molecular weight excluding hydrogens is 490 g/mol. The van der Waals surface area contributed by atoms with E-state index in [-0.39, 0.29) is 37.5 Å². The molecule has 0 saturated carbocycles. The van der Waals surface area contributed by atoms with Crippen molar-refractivity contribution in [2.24, 2.45) is 0 Å². The molecule has 2 aliphatic rings. The first kappa shape index (κ1) is 26.3. The highest BCUT2D eigenvalue weighted by Gasteiger charge is 2.51. The van der Waals surface area contributed by atoms with E-state index in [4.69, 9.17) is 6.42 Å². The summed E-state index contributed by atoms with van der Waals surface area (Å²) in [6.45, 7) is 2.94. The van der Waals surface area contributed by atoms with Crippen molar-refractivity contribution < 1.29 is 14.4 Å². The maximum atomic E-state index is 13.8. The Hall–Kier alpha value is -4.35. The van der Waals surface area contributed by atoms with Gasteiger partial charge in [-0.15, -0.1) is 6.42 Å². The lowest BCUT2D eigenvalue weighted by atomic mass is 10.00. The number of nitrogens with one attached hydrogen (secondary N) is 1. The van der Waals surface area contributed by atoms with Crippen molar-refractivity contribution in [2.75, 3.05) is 19.6 Å². The van der Waals surface area contributed by atoms with Crippen LogP contribution in [0.1, 0.15) is 30.9 Å². The SMILES string of the molecule is C#CCN1CC(=O)N2[C@@H](CCC)C(=O)N(Cc3cccc4ccccc34)C[C@@H]2N1C(=O)NCc1ccccc1. The molecule has 3 aromatic rings. The minimum Gasteiger partial charge on any atom is -0.333 e. The Bertz CT molecular complexity index is 1400. The fraction of sp³-hybridized carbons (Fsp3) is 0.323. The molecule has 2 atom stereocenters. The van der Waals surface area contributed by atoms with Gasteiger partial charge in [0.05, 0.1) is 19.6 Å². The van der Waals surface area contributed by atoms with Gasteiger partial charge in [0.2, 0.25) is 11.8 Å². The minimum absolute atomic E-state index is 0.0593. The van der Waals surface area contributed by atoms with Crippen LogP contribution in [0.2, 0.25) is 0 Å². The largest absolute Gasteiger partial charge is 0.334 e. The van der Waals surface area contributed by atoms with E-state index in [1.165, 1.54) is 0 Å². The summed E-state index contributed by atoms with van der Waals surface area (Å²) in [5.74, 6) is 2.29. The highest BCUT2D eigenvalue weighted by Crippen LogP contribution is 2.30. The third kappa shape index (κ3) is 5.31. The molecule has 39 heavy (non-hydrogen) atoms. The summed E-state index contributed by atoms with van der Waals surface area (Å²) in [7, 11) is 0. The Morgan fingerprint density at radius 3 is 2.54 bits per heavy atom. The van der Waals surface area contributed by atoms with Crippen LogP contribution in [-0.2, 0) is 22.7 Å². The minimum atomic E-state index is -0.667. The average Bonchev–Trinajstić information content (AvgIpc) is 2.95. The second-order valence-electron chi connectivity index (χ2n) is 9.96. The molecule has 4 amide bonds. The topological polar surface area (TPSA) is 76.2 Å². The molecule has 0 bridgehead atoms. The van der Waals surface area contributed by atoms with Gasteiger partial charge in [-0.25, -0.2) is 9.80 Å². The van der Waals surface area contributed by atoms with Gasteiger partial charge >= 0.3 is 6.03 Å². The average molecular weight is 524 g/mol. The second kappa shape index (κ2) is 11.6. The maximum absolute atomic E-state index is 13.8. The first-order valence-electron chi connectivity index (χ1n) is 13.4. The number of rotatable bonds is 7. The van der Waals surface area contributed by atoms with Crippen LogP contribution in [0.25, 0.3) is 10.8 Å². The zero-order valence-electron chi connectivity index (χ0n) is 22.1. The molecule has 2 fully saturated rings. The van der Waals surface area contributed by atoms with Crippen molar-refractivity contribution in [3.8, 4) is 12.3 Å². The summed E-state index contributed by atoms with van der Waals surface area (Å²) in [6.07, 6.45) is 6.21. The van der Waals surface area contributed by atoms with Gasteiger partial charge in [0, 0.05) is 13.1 Å². The summed E-state index contributed by atoms with van der Waals surface area (Å²) in [5.41, 5.74) is 1.98. The Kier molecular flexibility index (Phi) is 7.80. The van der Waals surface area contributed by atoms with Gasteiger partial charge in [-0.3, -0.25) is 9.59 Å². The van der Waals surface area contributed by atoms with Crippen molar-refractivity contribution in [2.45, 2.75) is 45.1 Å². The van der Waals surface area contributed by atoms with Gasteiger partial charge in [-0.05, 0) is 28.3 Å². The third-order valence-corrected chi connectivity index (χ3v) is 7.40. The zero-order valence-corrected chi connectivity index (χ0v) is 22.1. The van der Waals surface area contributed by atoms with E-state index in [9.17, 15) is 14.4 Å². The number of hydrogen-bond acceptors (Lipinski definition) is 4. The van der Waals surface area contributed by atoms with E-state index < -0.39 is 12.2 Å². The van der Waals surface area contributed by atoms with Crippen molar-refractivity contribution in [3.05, 3.63) is 83.9 Å². The summed E-state index contributed by atoms with van der Waals surface area (Å²) >= 11 is 0. The van der Waals surface area contributed by atoms with Crippen molar-refractivity contribution >= 4 is 28.6 Å². The molecule has 0 aromatic heterocycles. The number of benzene rings is 3. The summed E-state index contributed by atoms with van der Waals surface area (Å²) < 4.78 is 0. The molecule has 2 saturated heterocycles. The van der Waals surface area contributed by atoms with Crippen LogP contribution in [0, 0.1) is 12.3 Å². The van der Waals surface area contributed by atoms with Crippen LogP contribution >= 0.6 is 0 Å². The van der Waals surface area contributed by atoms with Crippen LogP contribution in [0.4, 0.5) is 4.79 Å². The van der Waals surface area contributed by atoms with E-state index in [0.29, 0.717) is 19.5 Å². The van der Waals surface area contributed by atoms with Crippen LogP contribution in [0.3, 0.4) is 0 Å². The molecule has 0 unspecified atom stereocenters. The van der Waals surface area contributed by atoms with E-state index in [0.717, 1.165) is 28.3 Å². The highest BCUT2D eigenvalue weighted by atomic mass is 16.2. The Balaban J connectivity index is 1.47. The molecule has 5 rings (SSSR count). The molecule has 1 N–H and O–H groups in total. The summed E-state index contributed by atoms with van der Waals surface area (Å²) in [6, 6.07) is 22.8. The Morgan fingerprint density at radius 2 is 1.77 bits per heavy atom. The maximum Gasteiger partial charge on any atom is 0.334 e. The van der Waals surface area contributed by atoms with Gasteiger partial charge in [0.1, 0.15) is 12.2 Å². The van der Waals surface area contributed by atoms with Crippen LogP contribution in [-0.4, -0.2) is 69.5 Å². The van der Waals surface area contributed by atoms with Crippen LogP contribution < -0.4 is 5.32 Å². The molecule has 0 spiro atoms. The summed E-state index contributed by atoms with van der Waals surface area (Å²) in [4.78, 5) is 44.3. The van der Waals surface area contributed by atoms with Crippen molar-refractivity contribution in [3.63, 3.8) is 0 Å². The van der Waals surface area contributed by atoms with Crippen molar-refractivity contribution in [1.82, 2.24) is 25.1 Å². The van der Waals surface area contributed by atoms with Crippen molar-refractivity contribution in [1.29, 1.82) is 0 Å². The Morgan fingerprint density at radius 1 is 1.03 bits per heavy atom. The zero-order chi connectivity index (χ0) is 27.4. The molecule has 8 heteroatoms. The lowest BCUT2D eigenvalue weighted by Crippen LogP contribution is -2.76. The molecule has 3 aromatic carbocycles. The molecule has 0 aliphatic carbocycles. The van der Waals surface area contributed by atoms with Gasteiger partial charge in [-0.2, -0.15) is 5.01 Å². The number of carbonyl (C=O) groups is 3. The monoisotopic (exact) mass is 523 g/mol. The lowest BCUT2D eigenvalue weighted by Gasteiger charge is -2.55. The molecule has 2 heterocycles. The quantitative estimate of drug-likeness (QED) is 0.481. The van der Waals surface area contributed by atoms with Crippen LogP contribution in [0.5, 0.6) is 0 Å². The highest BCUT2D eigenvalue weighted by molar-refractivity contribution is 5.92. The predicted molar refractivity (Wildman–Crippen MR) is 150 cm³/mol. The number of piperazine rings is 1. The molecule has 2 aliphatic heterocycles. The van der Waals surface area contributed by atoms with E-state index in [1.54, 1.807) is 19.8 Å². The third-order valence-electron chi connectivity index (χ3n) is 7.40. The number of hydrogen-bond donors (Lipinski definition) is 1.